The Hall–Kier alpha value is -0.830. The average molecular weight is 286 g/mol. The van der Waals surface area contributed by atoms with Crippen molar-refractivity contribution in [2.24, 2.45) is 11.1 Å². The predicted molar refractivity (Wildman–Crippen MR) is 73.2 cm³/mol. The first-order valence-corrected chi connectivity index (χ1v) is 6.06. The van der Waals surface area contributed by atoms with Gasteiger partial charge in [0.1, 0.15) is 0 Å². The average Bonchev–Trinajstić information content (AvgIpc) is 2.23. The van der Waals surface area contributed by atoms with E-state index in [4.69, 9.17) is 5.73 Å². The Bertz CT molecular complexity index is 351. The maximum Gasteiger partial charge on any atom is 0.227 e. The number of nitrogens with two attached hydrogens (primary N) is 1. The fourth-order valence-corrected chi connectivity index (χ4v) is 1.49. The van der Waals surface area contributed by atoms with Gasteiger partial charge in [-0.1, -0.05) is 47.2 Å². The van der Waals surface area contributed by atoms with Crippen LogP contribution in [-0.4, -0.2) is 5.91 Å². The van der Waals surface area contributed by atoms with Gasteiger partial charge in [0.2, 0.25) is 5.91 Å². The Morgan fingerprint density at radius 2 is 2.00 bits per heavy atom. The van der Waals surface area contributed by atoms with Gasteiger partial charge < -0.3 is 5.73 Å². The quantitative estimate of drug-likeness (QED) is 0.769. The molecule has 0 atom stereocenters. The van der Waals surface area contributed by atoms with Gasteiger partial charge in [-0.2, -0.15) is 0 Å². The predicted octanol–water partition coefficient (Wildman–Crippen LogP) is 3.69. The molecule has 2 nitrogen and oxygen atoms in total. The highest BCUT2D eigenvalue weighted by atomic mass is 79.9. The summed E-state index contributed by atoms with van der Waals surface area (Å²) in [5, 5.41) is 0. The molecule has 0 unspecified atom stereocenters. The van der Waals surface area contributed by atoms with Crippen molar-refractivity contribution in [3.63, 3.8) is 0 Å². The molecule has 0 radical (unpaired) electrons. The maximum atomic E-state index is 11.4. The van der Waals surface area contributed by atoms with Crippen molar-refractivity contribution in [3.05, 3.63) is 34.4 Å². The van der Waals surface area contributed by atoms with Crippen molar-refractivity contribution in [2.75, 3.05) is 0 Å². The fourth-order valence-electron chi connectivity index (χ4n) is 1.37. The van der Waals surface area contributed by atoms with Gasteiger partial charge in [0.05, 0.1) is 5.41 Å². The summed E-state index contributed by atoms with van der Waals surface area (Å²) in [5.74, 6) is -0.303. The lowest BCUT2D eigenvalue weighted by Gasteiger charge is -2.24. The molecule has 1 amide bonds. The molecule has 90 valence electrons. The minimum Gasteiger partial charge on any atom is -0.369 e. The summed E-state index contributed by atoms with van der Waals surface area (Å²) in [6.45, 7) is 11.4. The second kappa shape index (κ2) is 6.04. The third-order valence-electron chi connectivity index (χ3n) is 2.75. The summed E-state index contributed by atoms with van der Waals surface area (Å²) < 4.78 is 0.929. The van der Waals surface area contributed by atoms with Crippen LogP contribution in [0.1, 0.15) is 34.1 Å². The van der Waals surface area contributed by atoms with Gasteiger partial charge in [0.15, 0.2) is 0 Å². The van der Waals surface area contributed by atoms with Crippen LogP contribution in [0.3, 0.4) is 0 Å². The van der Waals surface area contributed by atoms with Crippen LogP contribution in [0.15, 0.2) is 34.4 Å². The molecule has 0 heterocycles. The van der Waals surface area contributed by atoms with E-state index in [2.05, 4.69) is 22.5 Å². The first kappa shape index (κ1) is 15.2. The standard InChI is InChI=1S/C13H20BrNO/c1-6-10(13(4,5)12(15)16)8-9(3)11(14)7-2/h7-8H,2,6H2,1,3-5H3,(H2,15,16)/b10-8+,11-9+. The van der Waals surface area contributed by atoms with Gasteiger partial charge >= 0.3 is 0 Å². The fraction of sp³-hybridized carbons (Fsp3) is 0.462. The van der Waals surface area contributed by atoms with Crippen molar-refractivity contribution in [3.8, 4) is 0 Å². The summed E-state index contributed by atoms with van der Waals surface area (Å²) >= 11 is 3.40. The summed E-state index contributed by atoms with van der Waals surface area (Å²) in [7, 11) is 0. The number of carbonyl (C=O) groups is 1. The summed E-state index contributed by atoms with van der Waals surface area (Å²) in [6, 6.07) is 0. The number of halogens is 1. The topological polar surface area (TPSA) is 43.1 Å². The van der Waals surface area contributed by atoms with Crippen LogP contribution in [0.25, 0.3) is 0 Å². The van der Waals surface area contributed by atoms with Gasteiger partial charge in [0.25, 0.3) is 0 Å². The first-order valence-electron chi connectivity index (χ1n) is 5.27. The van der Waals surface area contributed by atoms with Gasteiger partial charge in [0, 0.05) is 4.48 Å². The Morgan fingerprint density at radius 3 is 2.31 bits per heavy atom. The molecule has 0 saturated heterocycles. The van der Waals surface area contributed by atoms with E-state index in [0.717, 1.165) is 22.0 Å². The third-order valence-corrected chi connectivity index (χ3v) is 3.70. The van der Waals surface area contributed by atoms with E-state index < -0.39 is 5.41 Å². The minimum absolute atomic E-state index is 0.303. The lowest BCUT2D eigenvalue weighted by Crippen LogP contribution is -2.33. The van der Waals surface area contributed by atoms with Crippen molar-refractivity contribution < 1.29 is 4.79 Å². The smallest absolute Gasteiger partial charge is 0.227 e. The number of allylic oxidation sites excluding steroid dienone is 4. The van der Waals surface area contributed by atoms with Gasteiger partial charge in [-0.3, -0.25) is 4.79 Å². The van der Waals surface area contributed by atoms with Crippen LogP contribution in [0.2, 0.25) is 0 Å². The number of rotatable bonds is 5. The third kappa shape index (κ3) is 3.63. The molecule has 0 aliphatic carbocycles. The van der Waals surface area contributed by atoms with Gasteiger partial charge in [-0.05, 0) is 32.8 Å². The Morgan fingerprint density at radius 1 is 1.50 bits per heavy atom. The molecule has 0 bridgehead atoms. The first-order chi connectivity index (χ1) is 7.27. The molecule has 0 saturated carbocycles. The van der Waals surface area contributed by atoms with E-state index in [1.54, 1.807) is 6.08 Å². The van der Waals surface area contributed by atoms with E-state index in [1.807, 2.05) is 33.8 Å². The molecule has 16 heavy (non-hydrogen) atoms. The number of amides is 1. The zero-order chi connectivity index (χ0) is 12.9. The highest BCUT2D eigenvalue weighted by molar-refractivity contribution is 9.11. The molecule has 2 N–H and O–H groups in total. The van der Waals surface area contributed by atoms with Crippen LogP contribution in [0.4, 0.5) is 0 Å². The van der Waals surface area contributed by atoms with E-state index >= 15 is 0 Å². The number of hydrogen-bond donors (Lipinski definition) is 1. The number of carbonyl (C=O) groups excluding carboxylic acids is 1. The molecule has 0 aliphatic rings. The van der Waals surface area contributed by atoms with Crippen LogP contribution in [0, 0.1) is 5.41 Å². The lowest BCUT2D eigenvalue weighted by atomic mass is 9.81. The molecule has 0 aromatic carbocycles. The van der Waals surface area contributed by atoms with Gasteiger partial charge in [-0.15, -0.1) is 0 Å². The molecule has 0 rings (SSSR count). The Kier molecular flexibility index (Phi) is 5.73. The maximum absolute atomic E-state index is 11.4. The molecular weight excluding hydrogens is 266 g/mol. The second-order valence-electron chi connectivity index (χ2n) is 4.25. The Balaban J connectivity index is 5.39. The largest absolute Gasteiger partial charge is 0.369 e. The molecule has 0 fully saturated rings. The van der Waals surface area contributed by atoms with Crippen LogP contribution < -0.4 is 5.73 Å². The highest BCUT2D eigenvalue weighted by Gasteiger charge is 2.28. The zero-order valence-electron chi connectivity index (χ0n) is 10.4. The van der Waals surface area contributed by atoms with E-state index in [-0.39, 0.29) is 5.91 Å². The van der Waals surface area contributed by atoms with Crippen molar-refractivity contribution in [2.45, 2.75) is 34.1 Å². The van der Waals surface area contributed by atoms with Crippen molar-refractivity contribution in [1.29, 1.82) is 0 Å². The molecule has 0 aliphatic heterocycles. The van der Waals surface area contributed by atoms with Crippen molar-refractivity contribution >= 4 is 21.8 Å². The summed E-state index contributed by atoms with van der Waals surface area (Å²) in [6.07, 6.45) is 4.53. The highest BCUT2D eigenvalue weighted by Crippen LogP contribution is 2.30. The normalized spacial score (nSPS) is 14.4. The summed E-state index contributed by atoms with van der Waals surface area (Å²) in [5.41, 5.74) is 6.86. The number of hydrogen-bond acceptors (Lipinski definition) is 1. The van der Waals surface area contributed by atoms with E-state index in [0.29, 0.717) is 0 Å². The van der Waals surface area contributed by atoms with Crippen LogP contribution >= 0.6 is 15.9 Å². The zero-order valence-corrected chi connectivity index (χ0v) is 12.0. The molecule has 3 heteroatoms. The Labute approximate surface area is 106 Å². The van der Waals surface area contributed by atoms with Crippen molar-refractivity contribution in [1.82, 2.24) is 0 Å². The SMILES string of the molecule is C=C/C(Br)=C(C)\C=C(/CC)C(C)(C)C(N)=O. The van der Waals surface area contributed by atoms with E-state index in [9.17, 15) is 4.79 Å². The molecular formula is C13H20BrNO. The molecule has 0 aromatic rings. The monoisotopic (exact) mass is 285 g/mol. The van der Waals surface area contributed by atoms with E-state index in [1.165, 1.54) is 0 Å². The molecule has 0 spiro atoms. The van der Waals surface area contributed by atoms with Crippen LogP contribution in [0.5, 0.6) is 0 Å². The van der Waals surface area contributed by atoms with Crippen LogP contribution in [-0.2, 0) is 4.79 Å². The summed E-state index contributed by atoms with van der Waals surface area (Å²) in [4.78, 5) is 11.4. The minimum atomic E-state index is -0.607. The number of primary amides is 1. The van der Waals surface area contributed by atoms with Gasteiger partial charge in [-0.25, -0.2) is 0 Å². The lowest BCUT2D eigenvalue weighted by molar-refractivity contribution is -0.124. The molecule has 0 aromatic heterocycles. The second-order valence-corrected chi connectivity index (χ2v) is 5.10.